The van der Waals surface area contributed by atoms with Crippen LogP contribution >= 0.6 is 0 Å². The van der Waals surface area contributed by atoms with Crippen molar-refractivity contribution in [3.8, 4) is 5.88 Å². The molecule has 1 heterocycles. The number of anilines is 1. The Balaban J connectivity index is 2.50. The van der Waals surface area contributed by atoms with E-state index < -0.39 is 0 Å². The minimum Gasteiger partial charge on any atom is -0.481 e. The van der Waals surface area contributed by atoms with E-state index in [-0.39, 0.29) is 0 Å². The smallest absolute Gasteiger partial charge is 0.214 e. The molecule has 1 atom stereocenters. The van der Waals surface area contributed by atoms with Gasteiger partial charge in [0.1, 0.15) is 5.82 Å². The Bertz CT molecular complexity index is 302. The van der Waals surface area contributed by atoms with E-state index in [4.69, 9.17) is 4.74 Å². The zero-order valence-electron chi connectivity index (χ0n) is 9.82. The number of ether oxygens (including phenoxy) is 1. The summed E-state index contributed by atoms with van der Waals surface area (Å²) in [6, 6.07) is 6.16. The third-order valence-electron chi connectivity index (χ3n) is 2.39. The van der Waals surface area contributed by atoms with E-state index in [0.29, 0.717) is 11.9 Å². The Labute approximate surface area is 91.3 Å². The van der Waals surface area contributed by atoms with Crippen molar-refractivity contribution in [1.29, 1.82) is 0 Å². The van der Waals surface area contributed by atoms with Gasteiger partial charge in [0, 0.05) is 18.7 Å². The lowest BCUT2D eigenvalue weighted by Gasteiger charge is -2.20. The highest BCUT2D eigenvalue weighted by Gasteiger charge is 2.04. The predicted molar refractivity (Wildman–Crippen MR) is 62.4 cm³/mol. The van der Waals surface area contributed by atoms with Crippen LogP contribution in [-0.2, 0) is 0 Å². The van der Waals surface area contributed by atoms with Crippen LogP contribution in [0.3, 0.4) is 0 Å². The number of rotatable bonds is 5. The van der Waals surface area contributed by atoms with Gasteiger partial charge >= 0.3 is 0 Å². The molecule has 0 aliphatic heterocycles. The lowest BCUT2D eigenvalue weighted by atomic mass is 10.3. The topological polar surface area (TPSA) is 37.4 Å². The van der Waals surface area contributed by atoms with Crippen LogP contribution in [0.1, 0.15) is 6.92 Å². The van der Waals surface area contributed by atoms with Crippen molar-refractivity contribution in [3.05, 3.63) is 18.2 Å². The molecule has 1 N–H and O–H groups in total. The molecule has 15 heavy (non-hydrogen) atoms. The Morgan fingerprint density at radius 2 is 2.20 bits per heavy atom. The fraction of sp³-hybridized carbons (Fsp3) is 0.545. The standard InChI is InChI=1S/C11H19N3O/c1-9(14(2)3)8-12-10-6-5-7-11(13-10)15-4/h5-7,9H,8H2,1-4H3,(H,12,13). The third-order valence-corrected chi connectivity index (χ3v) is 2.39. The molecule has 0 saturated carbocycles. The summed E-state index contributed by atoms with van der Waals surface area (Å²) < 4.78 is 5.05. The number of nitrogens with zero attached hydrogens (tertiary/aromatic N) is 2. The first-order chi connectivity index (χ1) is 7.13. The molecular formula is C11H19N3O. The molecule has 1 aromatic heterocycles. The van der Waals surface area contributed by atoms with E-state index in [9.17, 15) is 0 Å². The summed E-state index contributed by atoms with van der Waals surface area (Å²) in [5.41, 5.74) is 0. The van der Waals surface area contributed by atoms with Gasteiger partial charge in [-0.1, -0.05) is 6.07 Å². The zero-order valence-corrected chi connectivity index (χ0v) is 9.82. The fourth-order valence-electron chi connectivity index (χ4n) is 1.06. The molecule has 0 saturated heterocycles. The molecule has 0 aromatic carbocycles. The van der Waals surface area contributed by atoms with Gasteiger partial charge in [-0.3, -0.25) is 0 Å². The number of nitrogens with one attached hydrogen (secondary N) is 1. The van der Waals surface area contributed by atoms with Gasteiger partial charge in [0.15, 0.2) is 0 Å². The van der Waals surface area contributed by atoms with Gasteiger partial charge in [-0.2, -0.15) is 4.98 Å². The first kappa shape index (κ1) is 11.8. The molecule has 0 fully saturated rings. The molecule has 4 nitrogen and oxygen atoms in total. The van der Waals surface area contributed by atoms with Crippen LogP contribution in [0.2, 0.25) is 0 Å². The van der Waals surface area contributed by atoms with Crippen LogP contribution in [0.5, 0.6) is 5.88 Å². The maximum Gasteiger partial charge on any atom is 0.214 e. The van der Waals surface area contributed by atoms with Gasteiger partial charge in [-0.15, -0.1) is 0 Å². The molecule has 0 spiro atoms. The van der Waals surface area contributed by atoms with Crippen molar-refractivity contribution in [1.82, 2.24) is 9.88 Å². The van der Waals surface area contributed by atoms with Crippen LogP contribution in [0.25, 0.3) is 0 Å². The van der Waals surface area contributed by atoms with Gasteiger partial charge in [0.25, 0.3) is 0 Å². The first-order valence-corrected chi connectivity index (χ1v) is 5.05. The van der Waals surface area contributed by atoms with E-state index in [1.165, 1.54) is 0 Å². The Hall–Kier alpha value is -1.29. The maximum atomic E-state index is 5.05. The monoisotopic (exact) mass is 209 g/mol. The lowest BCUT2D eigenvalue weighted by Crippen LogP contribution is -2.31. The Morgan fingerprint density at radius 3 is 2.80 bits per heavy atom. The van der Waals surface area contributed by atoms with E-state index in [1.807, 2.05) is 18.2 Å². The van der Waals surface area contributed by atoms with Gasteiger partial charge in [0.05, 0.1) is 7.11 Å². The zero-order chi connectivity index (χ0) is 11.3. The first-order valence-electron chi connectivity index (χ1n) is 5.05. The summed E-state index contributed by atoms with van der Waals surface area (Å²) in [5.74, 6) is 1.49. The highest BCUT2D eigenvalue weighted by atomic mass is 16.5. The summed E-state index contributed by atoms with van der Waals surface area (Å²) in [7, 11) is 5.74. The molecule has 1 unspecified atom stereocenters. The van der Waals surface area contributed by atoms with Crippen molar-refractivity contribution in [3.63, 3.8) is 0 Å². The van der Waals surface area contributed by atoms with Crippen LogP contribution in [0.4, 0.5) is 5.82 Å². The molecule has 0 aliphatic carbocycles. The van der Waals surface area contributed by atoms with Crippen molar-refractivity contribution in [2.24, 2.45) is 0 Å². The number of hydrogen-bond acceptors (Lipinski definition) is 4. The Kier molecular flexibility index (Phi) is 4.37. The summed E-state index contributed by atoms with van der Waals surface area (Å²) >= 11 is 0. The van der Waals surface area contributed by atoms with Crippen LogP contribution < -0.4 is 10.1 Å². The molecule has 0 aliphatic rings. The number of hydrogen-bond donors (Lipinski definition) is 1. The van der Waals surface area contributed by atoms with E-state index in [1.54, 1.807) is 7.11 Å². The maximum absolute atomic E-state index is 5.05. The highest BCUT2D eigenvalue weighted by Crippen LogP contribution is 2.10. The van der Waals surface area contributed by atoms with Crippen molar-refractivity contribution < 1.29 is 4.74 Å². The molecule has 4 heteroatoms. The van der Waals surface area contributed by atoms with E-state index in [2.05, 4.69) is 36.2 Å². The normalized spacial score (nSPS) is 12.6. The summed E-state index contributed by atoms with van der Waals surface area (Å²) in [4.78, 5) is 6.43. The quantitative estimate of drug-likeness (QED) is 0.796. The molecule has 1 aromatic rings. The SMILES string of the molecule is COc1cccc(NCC(C)N(C)C)n1. The fourth-order valence-corrected chi connectivity index (χ4v) is 1.06. The number of methoxy groups -OCH3 is 1. The lowest BCUT2D eigenvalue weighted by molar-refractivity contribution is 0.326. The molecule has 0 bridgehead atoms. The highest BCUT2D eigenvalue weighted by molar-refractivity contribution is 5.37. The van der Waals surface area contributed by atoms with Crippen molar-refractivity contribution in [2.75, 3.05) is 33.1 Å². The third kappa shape index (κ3) is 3.75. The molecule has 0 radical (unpaired) electrons. The minimum absolute atomic E-state index is 0.470. The average molecular weight is 209 g/mol. The van der Waals surface area contributed by atoms with Crippen LogP contribution in [-0.4, -0.2) is 43.7 Å². The molecule has 1 rings (SSSR count). The van der Waals surface area contributed by atoms with Crippen LogP contribution in [0.15, 0.2) is 18.2 Å². The Morgan fingerprint density at radius 1 is 1.47 bits per heavy atom. The molecule has 0 amide bonds. The summed E-state index contributed by atoms with van der Waals surface area (Å²) in [6.45, 7) is 3.03. The number of aromatic nitrogens is 1. The van der Waals surface area contributed by atoms with Crippen LogP contribution in [0, 0.1) is 0 Å². The number of pyridine rings is 1. The van der Waals surface area contributed by atoms with Gasteiger partial charge < -0.3 is 15.0 Å². The van der Waals surface area contributed by atoms with Gasteiger partial charge in [-0.05, 0) is 27.1 Å². The van der Waals surface area contributed by atoms with Crippen molar-refractivity contribution in [2.45, 2.75) is 13.0 Å². The predicted octanol–water partition coefficient (Wildman–Crippen LogP) is 1.45. The largest absolute Gasteiger partial charge is 0.481 e. The molecular weight excluding hydrogens is 190 g/mol. The minimum atomic E-state index is 0.470. The van der Waals surface area contributed by atoms with E-state index >= 15 is 0 Å². The average Bonchev–Trinajstić information content (AvgIpc) is 2.26. The second-order valence-corrected chi connectivity index (χ2v) is 3.76. The van der Waals surface area contributed by atoms with Crippen molar-refractivity contribution >= 4 is 5.82 Å². The summed E-state index contributed by atoms with van der Waals surface area (Å²) in [6.07, 6.45) is 0. The second-order valence-electron chi connectivity index (χ2n) is 3.76. The number of likely N-dealkylation sites (N-methyl/N-ethyl adjacent to an activating group) is 1. The van der Waals surface area contributed by atoms with Gasteiger partial charge in [0.2, 0.25) is 5.88 Å². The molecule has 84 valence electrons. The van der Waals surface area contributed by atoms with E-state index in [0.717, 1.165) is 12.4 Å². The summed E-state index contributed by atoms with van der Waals surface area (Å²) in [5, 5.41) is 3.27. The van der Waals surface area contributed by atoms with Gasteiger partial charge in [-0.25, -0.2) is 0 Å². The second kappa shape index (κ2) is 5.56.